The lowest BCUT2D eigenvalue weighted by Crippen LogP contribution is -2.43. The molecule has 23 heavy (non-hydrogen) atoms. The molecule has 0 saturated heterocycles. The molecule has 0 radical (unpaired) electrons. The highest BCUT2D eigenvalue weighted by molar-refractivity contribution is 4.62. The van der Waals surface area contributed by atoms with Crippen LogP contribution in [0.1, 0.15) is 103 Å². The number of quaternary nitrogens is 1. The van der Waals surface area contributed by atoms with Crippen molar-refractivity contribution in [2.45, 2.75) is 109 Å². The number of ether oxygens (including phenoxy) is 1. The molecular formula is C21H44NO+. The van der Waals surface area contributed by atoms with Crippen molar-refractivity contribution in [1.82, 2.24) is 0 Å². The van der Waals surface area contributed by atoms with Crippen molar-refractivity contribution in [3.05, 3.63) is 0 Å². The first kappa shape index (κ1) is 21.0. The van der Waals surface area contributed by atoms with Crippen molar-refractivity contribution in [2.24, 2.45) is 0 Å². The first-order valence-corrected chi connectivity index (χ1v) is 10.6. The van der Waals surface area contributed by atoms with Gasteiger partial charge in [-0.15, -0.1) is 0 Å². The van der Waals surface area contributed by atoms with E-state index >= 15 is 0 Å². The van der Waals surface area contributed by atoms with Crippen LogP contribution in [0, 0.1) is 0 Å². The maximum atomic E-state index is 6.28. The molecule has 1 aliphatic rings. The molecular weight excluding hydrogens is 282 g/mol. The molecule has 1 saturated carbocycles. The minimum atomic E-state index is 0.534. The molecule has 1 rings (SSSR count). The van der Waals surface area contributed by atoms with Crippen molar-refractivity contribution >= 4 is 0 Å². The Morgan fingerprint density at radius 3 is 1.87 bits per heavy atom. The predicted octanol–water partition coefficient (Wildman–Crippen LogP) is 6.29. The van der Waals surface area contributed by atoms with Gasteiger partial charge < -0.3 is 9.22 Å². The molecule has 2 nitrogen and oxygen atoms in total. The molecule has 0 amide bonds. The molecule has 0 N–H and O–H groups in total. The fourth-order valence-electron chi connectivity index (χ4n) is 3.63. The Balaban J connectivity index is 2.03. The van der Waals surface area contributed by atoms with Crippen molar-refractivity contribution in [3.63, 3.8) is 0 Å². The topological polar surface area (TPSA) is 9.23 Å². The fourth-order valence-corrected chi connectivity index (χ4v) is 3.63. The lowest BCUT2D eigenvalue weighted by Gasteiger charge is -2.32. The first-order valence-electron chi connectivity index (χ1n) is 10.6. The molecule has 0 spiro atoms. The second-order valence-electron chi connectivity index (χ2n) is 8.40. The van der Waals surface area contributed by atoms with Crippen LogP contribution in [0.4, 0.5) is 0 Å². The Hall–Kier alpha value is -0.0800. The van der Waals surface area contributed by atoms with E-state index < -0.39 is 0 Å². The Labute approximate surface area is 146 Å². The fraction of sp³-hybridized carbons (Fsp3) is 1.00. The van der Waals surface area contributed by atoms with E-state index in [1.54, 1.807) is 0 Å². The van der Waals surface area contributed by atoms with Gasteiger partial charge in [0.15, 0.2) is 6.73 Å². The van der Waals surface area contributed by atoms with E-state index in [0.29, 0.717) is 6.10 Å². The van der Waals surface area contributed by atoms with Crippen LogP contribution in [0.25, 0.3) is 0 Å². The number of nitrogens with zero attached hydrogens (tertiary/aromatic N) is 1. The lowest BCUT2D eigenvalue weighted by molar-refractivity contribution is -0.910. The molecule has 0 aliphatic heterocycles. The van der Waals surface area contributed by atoms with Crippen LogP contribution < -0.4 is 0 Å². The summed E-state index contributed by atoms with van der Waals surface area (Å²) in [6.07, 6.45) is 21.4. The van der Waals surface area contributed by atoms with E-state index in [-0.39, 0.29) is 0 Å². The largest absolute Gasteiger partial charge is 0.328 e. The molecule has 0 aromatic heterocycles. The monoisotopic (exact) mass is 326 g/mol. The zero-order chi connectivity index (χ0) is 16.8. The van der Waals surface area contributed by atoms with E-state index in [0.717, 1.165) is 11.2 Å². The molecule has 0 bridgehead atoms. The van der Waals surface area contributed by atoms with Gasteiger partial charge in [-0.05, 0) is 25.7 Å². The van der Waals surface area contributed by atoms with E-state index in [9.17, 15) is 0 Å². The third-order valence-corrected chi connectivity index (χ3v) is 5.33. The molecule has 0 aromatic rings. The standard InChI is InChI=1S/C21H44NO/c1-4-5-6-7-8-9-13-16-19-22(2,3)20-23-21-17-14-11-10-12-15-18-21/h21H,4-20H2,1-3H3/q+1. The van der Waals surface area contributed by atoms with Crippen LogP contribution in [-0.4, -0.2) is 38.0 Å². The summed E-state index contributed by atoms with van der Waals surface area (Å²) in [5.74, 6) is 0. The average molecular weight is 327 g/mol. The molecule has 1 fully saturated rings. The molecule has 1 aliphatic carbocycles. The molecule has 0 heterocycles. The van der Waals surface area contributed by atoms with Gasteiger partial charge in [-0.25, -0.2) is 0 Å². The van der Waals surface area contributed by atoms with Gasteiger partial charge in [0, 0.05) is 0 Å². The summed E-state index contributed by atoms with van der Waals surface area (Å²) in [7, 11) is 4.67. The average Bonchev–Trinajstić information content (AvgIpc) is 2.49. The van der Waals surface area contributed by atoms with Gasteiger partial charge in [0.05, 0.1) is 26.7 Å². The van der Waals surface area contributed by atoms with Crippen LogP contribution in [0.5, 0.6) is 0 Å². The van der Waals surface area contributed by atoms with Crippen molar-refractivity contribution in [1.29, 1.82) is 0 Å². The van der Waals surface area contributed by atoms with Crippen LogP contribution in [-0.2, 0) is 4.74 Å². The van der Waals surface area contributed by atoms with Crippen LogP contribution >= 0.6 is 0 Å². The first-order chi connectivity index (χ1) is 11.1. The second kappa shape index (κ2) is 13.2. The van der Waals surface area contributed by atoms with Crippen LogP contribution in [0.15, 0.2) is 0 Å². The summed E-state index contributed by atoms with van der Waals surface area (Å²) >= 11 is 0. The maximum Gasteiger partial charge on any atom is 0.183 e. The number of rotatable bonds is 12. The van der Waals surface area contributed by atoms with Crippen molar-refractivity contribution in [3.8, 4) is 0 Å². The lowest BCUT2D eigenvalue weighted by atomic mass is 9.99. The minimum absolute atomic E-state index is 0.534. The van der Waals surface area contributed by atoms with Crippen LogP contribution in [0.2, 0.25) is 0 Å². The van der Waals surface area contributed by atoms with Gasteiger partial charge >= 0.3 is 0 Å². The SMILES string of the molecule is CCCCCCCCCC[N+](C)(C)COC1CCCCCCC1. The van der Waals surface area contributed by atoms with Gasteiger partial charge in [-0.3, -0.25) is 0 Å². The Bertz CT molecular complexity index is 257. The smallest absolute Gasteiger partial charge is 0.183 e. The third kappa shape index (κ3) is 12.0. The summed E-state index contributed by atoms with van der Waals surface area (Å²) in [5.41, 5.74) is 0. The number of unbranched alkanes of at least 4 members (excludes halogenated alkanes) is 7. The summed E-state index contributed by atoms with van der Waals surface area (Å²) < 4.78 is 7.31. The van der Waals surface area contributed by atoms with E-state index in [4.69, 9.17) is 4.74 Å². The summed E-state index contributed by atoms with van der Waals surface area (Å²) in [5, 5.41) is 0. The van der Waals surface area contributed by atoms with Gasteiger partial charge in [0.2, 0.25) is 0 Å². The summed E-state index contributed by atoms with van der Waals surface area (Å²) in [6.45, 7) is 4.46. The highest BCUT2D eigenvalue weighted by atomic mass is 16.5. The highest BCUT2D eigenvalue weighted by Crippen LogP contribution is 2.20. The molecule has 0 aromatic carbocycles. The molecule has 0 unspecified atom stereocenters. The third-order valence-electron chi connectivity index (χ3n) is 5.33. The second-order valence-corrected chi connectivity index (χ2v) is 8.40. The highest BCUT2D eigenvalue weighted by Gasteiger charge is 2.19. The molecule has 0 atom stereocenters. The van der Waals surface area contributed by atoms with Crippen molar-refractivity contribution < 1.29 is 9.22 Å². The maximum absolute atomic E-state index is 6.28. The molecule has 2 heteroatoms. The zero-order valence-corrected chi connectivity index (χ0v) is 16.5. The molecule has 138 valence electrons. The van der Waals surface area contributed by atoms with E-state index in [2.05, 4.69) is 21.0 Å². The summed E-state index contributed by atoms with van der Waals surface area (Å²) in [6, 6.07) is 0. The van der Waals surface area contributed by atoms with Gasteiger partial charge in [0.25, 0.3) is 0 Å². The Morgan fingerprint density at radius 1 is 0.739 bits per heavy atom. The Kier molecular flexibility index (Phi) is 12.1. The van der Waals surface area contributed by atoms with Gasteiger partial charge in [0.1, 0.15) is 0 Å². The zero-order valence-electron chi connectivity index (χ0n) is 16.5. The number of hydrogen-bond donors (Lipinski definition) is 0. The van der Waals surface area contributed by atoms with Gasteiger partial charge in [-0.2, -0.15) is 0 Å². The minimum Gasteiger partial charge on any atom is -0.328 e. The van der Waals surface area contributed by atoms with E-state index in [1.165, 1.54) is 103 Å². The quantitative estimate of drug-likeness (QED) is 0.232. The Morgan fingerprint density at radius 2 is 1.26 bits per heavy atom. The normalized spacial score (nSPS) is 17.9. The number of hydrogen-bond acceptors (Lipinski definition) is 1. The summed E-state index contributed by atoms with van der Waals surface area (Å²) in [4.78, 5) is 0. The van der Waals surface area contributed by atoms with E-state index in [1.807, 2.05) is 0 Å². The van der Waals surface area contributed by atoms with Crippen LogP contribution in [0.3, 0.4) is 0 Å². The predicted molar refractivity (Wildman–Crippen MR) is 102 cm³/mol. The van der Waals surface area contributed by atoms with Gasteiger partial charge in [-0.1, -0.05) is 77.6 Å². The van der Waals surface area contributed by atoms with Crippen molar-refractivity contribution in [2.75, 3.05) is 27.4 Å².